The van der Waals surface area contributed by atoms with Crippen molar-refractivity contribution in [2.75, 3.05) is 20.3 Å². The first kappa shape index (κ1) is 23.3. The minimum absolute atomic E-state index is 0.0885. The van der Waals surface area contributed by atoms with E-state index in [-0.39, 0.29) is 18.9 Å². The zero-order chi connectivity index (χ0) is 23.1. The minimum atomic E-state index is -1.14. The van der Waals surface area contributed by atoms with Crippen molar-refractivity contribution in [3.63, 3.8) is 0 Å². The molecule has 8 heteroatoms. The summed E-state index contributed by atoms with van der Waals surface area (Å²) in [7, 11) is 1.52. The van der Waals surface area contributed by atoms with Gasteiger partial charge >= 0.3 is 12.1 Å². The fourth-order valence-electron chi connectivity index (χ4n) is 3.87. The van der Waals surface area contributed by atoms with Crippen LogP contribution in [0.5, 0.6) is 0 Å². The fraction of sp³-hybridized carbons (Fsp3) is 0.375. The maximum atomic E-state index is 12.3. The number of benzene rings is 2. The molecule has 0 fully saturated rings. The van der Waals surface area contributed by atoms with E-state index in [1.54, 1.807) is 0 Å². The smallest absolute Gasteiger partial charge is 0.407 e. The summed E-state index contributed by atoms with van der Waals surface area (Å²) in [5, 5.41) is 14.2. The van der Waals surface area contributed by atoms with Crippen molar-refractivity contribution in [3.05, 3.63) is 59.7 Å². The van der Waals surface area contributed by atoms with E-state index in [2.05, 4.69) is 10.6 Å². The number of rotatable bonds is 10. The van der Waals surface area contributed by atoms with Crippen LogP contribution in [0.1, 0.15) is 36.8 Å². The first-order valence-corrected chi connectivity index (χ1v) is 10.6. The molecule has 3 rings (SSSR count). The molecule has 1 aliphatic rings. The van der Waals surface area contributed by atoms with Gasteiger partial charge in [-0.2, -0.15) is 0 Å². The second-order valence-corrected chi connectivity index (χ2v) is 7.73. The Balaban J connectivity index is 1.54. The molecule has 170 valence electrons. The number of fused-ring (bicyclic) bond motifs is 3. The molecule has 0 saturated heterocycles. The minimum Gasteiger partial charge on any atom is -0.480 e. The molecule has 2 atom stereocenters. The number of nitrogens with one attached hydrogen (secondary N) is 2. The molecule has 1 unspecified atom stereocenters. The van der Waals surface area contributed by atoms with E-state index >= 15 is 0 Å². The van der Waals surface area contributed by atoms with Crippen molar-refractivity contribution in [2.24, 2.45) is 0 Å². The SMILES string of the molecule is COCCCC(NC(=O)[C@@H](C)NC(=O)OCC1c2ccccc2-c2ccccc21)C(=O)O. The number of methoxy groups -OCH3 is 1. The van der Waals surface area contributed by atoms with Gasteiger partial charge in [-0.3, -0.25) is 4.79 Å². The van der Waals surface area contributed by atoms with E-state index in [1.807, 2.05) is 48.5 Å². The molecular formula is C24H28N2O6. The highest BCUT2D eigenvalue weighted by molar-refractivity contribution is 5.89. The van der Waals surface area contributed by atoms with Crippen LogP contribution in [0.4, 0.5) is 4.79 Å². The molecule has 2 aromatic rings. The van der Waals surface area contributed by atoms with E-state index in [9.17, 15) is 19.5 Å². The highest BCUT2D eigenvalue weighted by atomic mass is 16.5. The highest BCUT2D eigenvalue weighted by Gasteiger charge is 2.29. The maximum absolute atomic E-state index is 12.3. The van der Waals surface area contributed by atoms with Crippen molar-refractivity contribution in [2.45, 2.75) is 37.8 Å². The van der Waals surface area contributed by atoms with Gasteiger partial charge in [0, 0.05) is 19.6 Å². The molecule has 3 N–H and O–H groups in total. The van der Waals surface area contributed by atoms with Crippen LogP contribution in [0.3, 0.4) is 0 Å². The number of hydrogen-bond donors (Lipinski definition) is 3. The second-order valence-electron chi connectivity index (χ2n) is 7.73. The van der Waals surface area contributed by atoms with Gasteiger partial charge in [-0.25, -0.2) is 9.59 Å². The summed E-state index contributed by atoms with van der Waals surface area (Å²) in [4.78, 5) is 36.0. The van der Waals surface area contributed by atoms with Crippen LogP contribution in [0, 0.1) is 0 Å². The molecule has 0 aliphatic heterocycles. The molecule has 0 radical (unpaired) electrons. The number of alkyl carbamates (subject to hydrolysis) is 1. The zero-order valence-corrected chi connectivity index (χ0v) is 18.2. The maximum Gasteiger partial charge on any atom is 0.407 e. The number of ether oxygens (including phenoxy) is 2. The Morgan fingerprint density at radius 1 is 1.00 bits per heavy atom. The molecule has 8 nitrogen and oxygen atoms in total. The number of hydrogen-bond acceptors (Lipinski definition) is 5. The van der Waals surface area contributed by atoms with Crippen molar-refractivity contribution in [1.82, 2.24) is 10.6 Å². The third-order valence-electron chi connectivity index (χ3n) is 5.53. The topological polar surface area (TPSA) is 114 Å². The quantitative estimate of drug-likeness (QED) is 0.490. The Kier molecular flexibility index (Phi) is 7.83. The average Bonchev–Trinajstić information content (AvgIpc) is 3.10. The van der Waals surface area contributed by atoms with E-state index < -0.39 is 30.1 Å². The Morgan fingerprint density at radius 3 is 2.16 bits per heavy atom. The van der Waals surface area contributed by atoms with E-state index in [0.29, 0.717) is 13.0 Å². The predicted octanol–water partition coefficient (Wildman–Crippen LogP) is 2.91. The molecule has 0 bridgehead atoms. The van der Waals surface area contributed by atoms with Crippen molar-refractivity contribution >= 4 is 18.0 Å². The van der Waals surface area contributed by atoms with E-state index in [1.165, 1.54) is 14.0 Å². The van der Waals surface area contributed by atoms with E-state index in [0.717, 1.165) is 22.3 Å². The summed E-state index contributed by atoms with van der Waals surface area (Å²) < 4.78 is 10.3. The highest BCUT2D eigenvalue weighted by Crippen LogP contribution is 2.44. The summed E-state index contributed by atoms with van der Waals surface area (Å²) in [5.74, 6) is -1.82. The Labute approximate surface area is 186 Å². The summed E-state index contributed by atoms with van der Waals surface area (Å²) >= 11 is 0. The van der Waals surface area contributed by atoms with Gasteiger partial charge in [0.15, 0.2) is 0 Å². The number of carboxylic acid groups (broad SMARTS) is 1. The molecular weight excluding hydrogens is 412 g/mol. The summed E-state index contributed by atoms with van der Waals surface area (Å²) in [6.45, 7) is 2.00. The Bertz CT molecular complexity index is 931. The standard InChI is InChI=1S/C24H28N2O6/c1-15(22(27)26-21(23(28)29)12-7-13-31-2)25-24(30)32-14-20-18-10-5-3-8-16(18)17-9-4-6-11-19(17)20/h3-6,8-11,15,20-21H,7,12-14H2,1-2H3,(H,25,30)(H,26,27)(H,28,29)/t15-,21?/m1/s1. The molecule has 2 aromatic carbocycles. The van der Waals surface area contributed by atoms with Crippen LogP contribution in [0.15, 0.2) is 48.5 Å². The third kappa shape index (κ3) is 5.45. The summed E-state index contributed by atoms with van der Waals surface area (Å²) in [6, 6.07) is 14.0. The van der Waals surface area contributed by atoms with Crippen molar-refractivity contribution in [1.29, 1.82) is 0 Å². The molecule has 1 aliphatic carbocycles. The third-order valence-corrected chi connectivity index (χ3v) is 5.53. The monoisotopic (exact) mass is 440 g/mol. The van der Waals surface area contributed by atoms with Crippen molar-refractivity contribution < 1.29 is 29.0 Å². The molecule has 0 spiro atoms. The zero-order valence-electron chi connectivity index (χ0n) is 18.2. The second kappa shape index (κ2) is 10.8. The van der Waals surface area contributed by atoms with Gasteiger partial charge in [0.2, 0.25) is 5.91 Å². The first-order valence-electron chi connectivity index (χ1n) is 10.6. The van der Waals surface area contributed by atoms with Crippen LogP contribution in [-0.2, 0) is 19.1 Å². The lowest BCUT2D eigenvalue weighted by atomic mass is 9.98. The van der Waals surface area contributed by atoms with Gasteiger partial charge < -0.3 is 25.2 Å². The van der Waals surface area contributed by atoms with Crippen LogP contribution in [0.2, 0.25) is 0 Å². The first-order chi connectivity index (χ1) is 15.4. The fourth-order valence-corrected chi connectivity index (χ4v) is 3.87. The number of carbonyl (C=O) groups excluding carboxylic acids is 2. The molecule has 0 aromatic heterocycles. The average molecular weight is 440 g/mol. The lowest BCUT2D eigenvalue weighted by Crippen LogP contribution is -2.50. The number of carbonyl (C=O) groups is 3. The molecule has 0 saturated carbocycles. The Hall–Kier alpha value is -3.39. The van der Waals surface area contributed by atoms with Gasteiger partial charge in [0.05, 0.1) is 0 Å². The molecule has 0 heterocycles. The van der Waals surface area contributed by atoms with Crippen LogP contribution >= 0.6 is 0 Å². The van der Waals surface area contributed by atoms with Gasteiger partial charge in [0.1, 0.15) is 18.7 Å². The molecule has 2 amide bonds. The lowest BCUT2D eigenvalue weighted by Gasteiger charge is -2.19. The van der Waals surface area contributed by atoms with Crippen molar-refractivity contribution in [3.8, 4) is 11.1 Å². The van der Waals surface area contributed by atoms with Gasteiger partial charge in [0.25, 0.3) is 0 Å². The number of carboxylic acids is 1. The lowest BCUT2D eigenvalue weighted by molar-refractivity contribution is -0.142. The summed E-state index contributed by atoms with van der Waals surface area (Å²) in [5.41, 5.74) is 4.43. The number of aliphatic carboxylic acids is 1. The predicted molar refractivity (Wildman–Crippen MR) is 118 cm³/mol. The van der Waals surface area contributed by atoms with Gasteiger partial charge in [-0.15, -0.1) is 0 Å². The van der Waals surface area contributed by atoms with E-state index in [4.69, 9.17) is 9.47 Å². The summed E-state index contributed by atoms with van der Waals surface area (Å²) in [6.07, 6.45) is -0.0186. The largest absolute Gasteiger partial charge is 0.480 e. The van der Waals surface area contributed by atoms with Crippen LogP contribution in [0.25, 0.3) is 11.1 Å². The number of amides is 2. The van der Waals surface area contributed by atoms with Gasteiger partial charge in [-0.05, 0) is 42.0 Å². The van der Waals surface area contributed by atoms with Crippen LogP contribution in [-0.4, -0.2) is 55.5 Å². The Morgan fingerprint density at radius 2 is 1.59 bits per heavy atom. The van der Waals surface area contributed by atoms with Crippen LogP contribution < -0.4 is 10.6 Å². The van der Waals surface area contributed by atoms with Gasteiger partial charge in [-0.1, -0.05) is 48.5 Å². The molecule has 32 heavy (non-hydrogen) atoms. The normalized spacial score (nSPS) is 14.1.